The maximum atomic E-state index is 12.6. The molecule has 16 heavy (non-hydrogen) atoms. The first-order chi connectivity index (χ1) is 7.13. The molecule has 3 N–H and O–H groups in total. The third-order valence-electron chi connectivity index (χ3n) is 1.84. The van der Waals surface area contributed by atoms with Crippen LogP contribution in [0.5, 0.6) is 0 Å². The number of halogens is 5. The van der Waals surface area contributed by atoms with Crippen molar-refractivity contribution in [1.29, 1.82) is 0 Å². The van der Waals surface area contributed by atoms with E-state index in [1.807, 2.05) is 5.32 Å². The van der Waals surface area contributed by atoms with Gasteiger partial charge in [-0.1, -0.05) is 6.92 Å². The molecule has 0 bridgehead atoms. The van der Waals surface area contributed by atoms with E-state index < -0.39 is 30.6 Å². The second-order valence-electron chi connectivity index (χ2n) is 3.28. The zero-order chi connectivity index (χ0) is 13.0. The summed E-state index contributed by atoms with van der Waals surface area (Å²) in [5.41, 5.74) is 4.70. The number of carbonyl (C=O) groups is 1. The van der Waals surface area contributed by atoms with Crippen LogP contribution in [0.15, 0.2) is 0 Å². The predicted molar refractivity (Wildman–Crippen MR) is 46.9 cm³/mol. The molecule has 0 radical (unpaired) electrons. The van der Waals surface area contributed by atoms with E-state index in [4.69, 9.17) is 5.73 Å². The molecule has 1 amide bonds. The Kier molecular flexibility index (Phi) is 5.11. The fourth-order valence-corrected chi connectivity index (χ4v) is 0.878. The third kappa shape index (κ3) is 3.92. The predicted octanol–water partition coefficient (Wildman–Crippen LogP) is 1.43. The Morgan fingerprint density at radius 2 is 1.81 bits per heavy atom. The van der Waals surface area contributed by atoms with Crippen molar-refractivity contribution in [3.8, 4) is 0 Å². The maximum Gasteiger partial charge on any atom is 0.455 e. The minimum Gasteiger partial charge on any atom is -0.354 e. The number of rotatable bonds is 5. The van der Waals surface area contributed by atoms with Crippen molar-refractivity contribution in [2.45, 2.75) is 37.9 Å². The van der Waals surface area contributed by atoms with Gasteiger partial charge in [-0.3, -0.25) is 4.79 Å². The van der Waals surface area contributed by atoms with Crippen LogP contribution < -0.4 is 11.1 Å². The zero-order valence-corrected chi connectivity index (χ0v) is 8.57. The van der Waals surface area contributed by atoms with Gasteiger partial charge in [-0.25, -0.2) is 0 Å². The van der Waals surface area contributed by atoms with Crippen LogP contribution in [0.1, 0.15) is 19.8 Å². The smallest absolute Gasteiger partial charge is 0.354 e. The molecule has 0 saturated heterocycles. The van der Waals surface area contributed by atoms with Gasteiger partial charge in [0.1, 0.15) is 0 Å². The van der Waals surface area contributed by atoms with Gasteiger partial charge in [0.15, 0.2) is 0 Å². The summed E-state index contributed by atoms with van der Waals surface area (Å²) in [4.78, 5) is 10.8. The Morgan fingerprint density at radius 3 is 2.19 bits per heavy atom. The van der Waals surface area contributed by atoms with Gasteiger partial charge >= 0.3 is 12.1 Å². The molecule has 8 heteroatoms. The highest BCUT2D eigenvalue weighted by atomic mass is 19.4. The van der Waals surface area contributed by atoms with Crippen LogP contribution in [-0.4, -0.2) is 30.6 Å². The summed E-state index contributed by atoms with van der Waals surface area (Å²) in [7, 11) is 0. The van der Waals surface area contributed by atoms with E-state index in [9.17, 15) is 26.7 Å². The highest BCUT2D eigenvalue weighted by Crippen LogP contribution is 2.37. The van der Waals surface area contributed by atoms with Gasteiger partial charge < -0.3 is 11.1 Å². The van der Waals surface area contributed by atoms with Gasteiger partial charge in [-0.05, 0) is 6.42 Å². The largest absolute Gasteiger partial charge is 0.455 e. The number of nitrogens with two attached hydrogens (primary N) is 1. The number of amides is 1. The second kappa shape index (κ2) is 5.42. The molecular formula is C8H13F5N2O. The Hall–Kier alpha value is -0.920. The standard InChI is InChI=1S/C8H13F5N2O/c1-2-3-6(16)15-4-5(14)7(9,10)8(11,12)13/h5H,2-4,14H2,1H3,(H,15,16). The first-order valence-corrected chi connectivity index (χ1v) is 4.59. The molecule has 0 heterocycles. The highest BCUT2D eigenvalue weighted by Gasteiger charge is 2.61. The van der Waals surface area contributed by atoms with Crippen molar-refractivity contribution in [2.75, 3.05) is 6.54 Å². The molecule has 0 aliphatic carbocycles. The van der Waals surface area contributed by atoms with Crippen LogP contribution in [-0.2, 0) is 4.79 Å². The van der Waals surface area contributed by atoms with Crippen molar-refractivity contribution < 1.29 is 26.7 Å². The summed E-state index contributed by atoms with van der Waals surface area (Å²) in [6.07, 6.45) is -5.18. The summed E-state index contributed by atoms with van der Waals surface area (Å²) >= 11 is 0. The van der Waals surface area contributed by atoms with Crippen molar-refractivity contribution in [3.63, 3.8) is 0 Å². The molecule has 0 aliphatic rings. The Balaban J connectivity index is 4.26. The molecular weight excluding hydrogens is 235 g/mol. The lowest BCUT2D eigenvalue weighted by Crippen LogP contribution is -2.56. The fourth-order valence-electron chi connectivity index (χ4n) is 0.878. The van der Waals surface area contributed by atoms with Crippen LogP contribution in [0, 0.1) is 0 Å². The van der Waals surface area contributed by atoms with Gasteiger partial charge in [0.2, 0.25) is 5.91 Å². The monoisotopic (exact) mass is 248 g/mol. The zero-order valence-electron chi connectivity index (χ0n) is 8.57. The van der Waals surface area contributed by atoms with Crippen molar-refractivity contribution in [1.82, 2.24) is 5.32 Å². The number of hydrogen-bond acceptors (Lipinski definition) is 2. The highest BCUT2D eigenvalue weighted by molar-refractivity contribution is 5.75. The van der Waals surface area contributed by atoms with E-state index in [1.54, 1.807) is 6.92 Å². The van der Waals surface area contributed by atoms with E-state index in [-0.39, 0.29) is 6.42 Å². The minimum absolute atomic E-state index is 0.0598. The lowest BCUT2D eigenvalue weighted by molar-refractivity contribution is -0.289. The molecule has 96 valence electrons. The van der Waals surface area contributed by atoms with Crippen LogP contribution in [0.3, 0.4) is 0 Å². The topological polar surface area (TPSA) is 55.1 Å². The first kappa shape index (κ1) is 15.1. The third-order valence-corrected chi connectivity index (χ3v) is 1.84. The van der Waals surface area contributed by atoms with E-state index >= 15 is 0 Å². The molecule has 0 spiro atoms. The van der Waals surface area contributed by atoms with Crippen molar-refractivity contribution in [2.24, 2.45) is 5.73 Å². The summed E-state index contributed by atoms with van der Waals surface area (Å²) in [6, 6.07) is -2.48. The quantitative estimate of drug-likeness (QED) is 0.723. The van der Waals surface area contributed by atoms with Crippen LogP contribution >= 0.6 is 0 Å². The number of hydrogen-bond donors (Lipinski definition) is 2. The Morgan fingerprint density at radius 1 is 1.31 bits per heavy atom. The normalized spacial score (nSPS) is 14.7. The molecule has 0 fully saturated rings. The van der Waals surface area contributed by atoms with Crippen LogP contribution in [0.25, 0.3) is 0 Å². The minimum atomic E-state index is -5.71. The molecule has 0 saturated carbocycles. The SMILES string of the molecule is CCCC(=O)NCC(N)C(F)(F)C(F)(F)F. The van der Waals surface area contributed by atoms with E-state index in [1.165, 1.54) is 0 Å². The molecule has 0 aromatic heterocycles. The average molecular weight is 248 g/mol. The summed E-state index contributed by atoms with van der Waals surface area (Å²) in [5.74, 6) is -5.61. The van der Waals surface area contributed by atoms with Crippen LogP contribution in [0.4, 0.5) is 22.0 Å². The average Bonchev–Trinajstić information content (AvgIpc) is 2.12. The number of nitrogens with one attached hydrogen (secondary N) is 1. The Bertz CT molecular complexity index is 241. The van der Waals surface area contributed by atoms with Crippen molar-refractivity contribution in [3.05, 3.63) is 0 Å². The van der Waals surface area contributed by atoms with Gasteiger partial charge in [0.25, 0.3) is 0 Å². The molecule has 0 aromatic rings. The summed E-state index contributed by atoms with van der Waals surface area (Å²) in [5, 5.41) is 1.92. The van der Waals surface area contributed by atoms with E-state index in [0.717, 1.165) is 0 Å². The maximum absolute atomic E-state index is 12.6. The second-order valence-corrected chi connectivity index (χ2v) is 3.28. The lowest BCUT2D eigenvalue weighted by atomic mass is 10.1. The molecule has 0 aliphatic heterocycles. The molecule has 0 aromatic carbocycles. The molecule has 0 rings (SSSR count). The summed E-state index contributed by atoms with van der Waals surface area (Å²) in [6.45, 7) is 0.759. The van der Waals surface area contributed by atoms with Gasteiger partial charge in [0.05, 0.1) is 6.04 Å². The Labute approximate surface area is 89.2 Å². The molecule has 3 nitrogen and oxygen atoms in total. The van der Waals surface area contributed by atoms with Crippen LogP contribution in [0.2, 0.25) is 0 Å². The summed E-state index contributed by atoms with van der Waals surface area (Å²) < 4.78 is 60.6. The van der Waals surface area contributed by atoms with Gasteiger partial charge in [-0.2, -0.15) is 22.0 Å². The first-order valence-electron chi connectivity index (χ1n) is 4.59. The van der Waals surface area contributed by atoms with E-state index in [0.29, 0.717) is 6.42 Å². The number of carbonyl (C=O) groups excluding carboxylic acids is 1. The van der Waals surface area contributed by atoms with Crippen molar-refractivity contribution >= 4 is 5.91 Å². The fraction of sp³-hybridized carbons (Fsp3) is 0.875. The van der Waals surface area contributed by atoms with Gasteiger partial charge in [0, 0.05) is 13.0 Å². The van der Waals surface area contributed by atoms with Gasteiger partial charge in [-0.15, -0.1) is 0 Å². The lowest BCUT2D eigenvalue weighted by Gasteiger charge is -2.25. The van der Waals surface area contributed by atoms with E-state index in [2.05, 4.69) is 0 Å². The molecule has 1 atom stereocenters. The molecule has 1 unspecified atom stereocenters. The number of alkyl halides is 5.